The van der Waals surface area contributed by atoms with Crippen LogP contribution >= 0.6 is 0 Å². The van der Waals surface area contributed by atoms with Crippen LogP contribution < -0.4 is 9.64 Å². The minimum absolute atomic E-state index is 0.0755. The first-order valence-electron chi connectivity index (χ1n) is 9.56. The highest BCUT2D eigenvalue weighted by atomic mass is 19.1. The number of aryl methyl sites for hydroxylation is 1. The van der Waals surface area contributed by atoms with Gasteiger partial charge in [-0.15, -0.1) is 0 Å². The number of hydrogen-bond donors (Lipinski definition) is 0. The van der Waals surface area contributed by atoms with E-state index in [-0.39, 0.29) is 11.7 Å². The van der Waals surface area contributed by atoms with Crippen molar-refractivity contribution in [3.05, 3.63) is 71.8 Å². The topological polar surface area (TPSA) is 50.6 Å². The normalized spacial score (nSPS) is 14.2. The summed E-state index contributed by atoms with van der Waals surface area (Å²) in [6, 6.07) is 15.8. The number of piperazine rings is 1. The van der Waals surface area contributed by atoms with E-state index in [0.717, 1.165) is 22.8 Å². The zero-order chi connectivity index (χ0) is 20.4. The number of aromatic nitrogens is 2. The number of amides is 1. The quantitative estimate of drug-likeness (QED) is 0.681. The molecule has 1 aliphatic heterocycles. The number of halogens is 1. The molecule has 6 nitrogen and oxygen atoms in total. The maximum absolute atomic E-state index is 13.1. The van der Waals surface area contributed by atoms with Gasteiger partial charge < -0.3 is 14.5 Å². The first-order valence-corrected chi connectivity index (χ1v) is 9.56. The molecule has 1 saturated heterocycles. The van der Waals surface area contributed by atoms with Gasteiger partial charge in [-0.2, -0.15) is 5.10 Å². The number of rotatable bonds is 4. The zero-order valence-corrected chi connectivity index (χ0v) is 16.5. The second-order valence-corrected chi connectivity index (χ2v) is 7.04. The van der Waals surface area contributed by atoms with Crippen molar-refractivity contribution in [2.75, 3.05) is 38.2 Å². The number of ether oxygens (including phenoxy) is 1. The van der Waals surface area contributed by atoms with E-state index in [2.05, 4.69) is 10.00 Å². The minimum atomic E-state index is -0.246. The molecule has 29 heavy (non-hydrogen) atoms. The van der Waals surface area contributed by atoms with E-state index in [1.807, 2.05) is 42.2 Å². The lowest BCUT2D eigenvalue weighted by atomic mass is 10.2. The summed E-state index contributed by atoms with van der Waals surface area (Å²) in [5.74, 6) is 0.417. The lowest BCUT2D eigenvalue weighted by Crippen LogP contribution is -2.48. The Balaban J connectivity index is 1.46. The van der Waals surface area contributed by atoms with Crippen LogP contribution in [0.15, 0.2) is 54.6 Å². The second-order valence-electron chi connectivity index (χ2n) is 7.04. The van der Waals surface area contributed by atoms with E-state index in [4.69, 9.17) is 4.74 Å². The molecule has 4 rings (SSSR count). The fraction of sp³-hybridized carbons (Fsp3) is 0.273. The first kappa shape index (κ1) is 19.0. The van der Waals surface area contributed by atoms with Gasteiger partial charge in [0.15, 0.2) is 5.69 Å². The van der Waals surface area contributed by atoms with E-state index in [1.165, 1.54) is 12.1 Å². The number of nitrogens with zero attached hydrogens (tertiary/aromatic N) is 4. The van der Waals surface area contributed by atoms with Crippen molar-refractivity contribution in [1.29, 1.82) is 0 Å². The summed E-state index contributed by atoms with van der Waals surface area (Å²) in [6.07, 6.45) is 0. The summed E-state index contributed by atoms with van der Waals surface area (Å²) >= 11 is 0. The molecule has 0 spiro atoms. The fourth-order valence-electron chi connectivity index (χ4n) is 3.56. The highest BCUT2D eigenvalue weighted by Gasteiger charge is 2.24. The average Bonchev–Trinajstić information content (AvgIpc) is 3.15. The van der Waals surface area contributed by atoms with Gasteiger partial charge in [0.1, 0.15) is 11.6 Å². The summed E-state index contributed by atoms with van der Waals surface area (Å²) in [6.45, 7) is 4.53. The molecule has 7 heteroatoms. The minimum Gasteiger partial charge on any atom is -0.497 e. The van der Waals surface area contributed by atoms with Gasteiger partial charge in [0.25, 0.3) is 5.91 Å². The molecule has 0 aliphatic carbocycles. The smallest absolute Gasteiger partial charge is 0.274 e. The van der Waals surface area contributed by atoms with Crippen LogP contribution in [0, 0.1) is 12.7 Å². The first-order chi connectivity index (χ1) is 14.0. The molecule has 0 unspecified atom stereocenters. The number of methoxy groups -OCH3 is 1. The predicted molar refractivity (Wildman–Crippen MR) is 109 cm³/mol. The Morgan fingerprint density at radius 1 is 1.00 bits per heavy atom. The maximum Gasteiger partial charge on any atom is 0.274 e. The average molecular weight is 394 g/mol. The van der Waals surface area contributed by atoms with E-state index < -0.39 is 0 Å². The summed E-state index contributed by atoms with van der Waals surface area (Å²) in [5, 5.41) is 4.53. The Kier molecular flexibility index (Phi) is 5.20. The number of hydrogen-bond acceptors (Lipinski definition) is 4. The van der Waals surface area contributed by atoms with Gasteiger partial charge in [0.2, 0.25) is 0 Å². The molecule has 150 valence electrons. The molecule has 0 atom stereocenters. The van der Waals surface area contributed by atoms with Crippen LogP contribution in [0.1, 0.15) is 16.2 Å². The summed E-state index contributed by atoms with van der Waals surface area (Å²) in [7, 11) is 1.62. The molecule has 0 N–H and O–H groups in total. The predicted octanol–water partition coefficient (Wildman–Crippen LogP) is 3.29. The van der Waals surface area contributed by atoms with Gasteiger partial charge in [0.05, 0.1) is 12.8 Å². The van der Waals surface area contributed by atoms with Gasteiger partial charge >= 0.3 is 0 Å². The van der Waals surface area contributed by atoms with Crippen LogP contribution in [0.3, 0.4) is 0 Å². The van der Waals surface area contributed by atoms with Crippen LogP contribution in [0.2, 0.25) is 0 Å². The van der Waals surface area contributed by atoms with E-state index in [9.17, 15) is 9.18 Å². The van der Waals surface area contributed by atoms with E-state index in [0.29, 0.717) is 31.9 Å². The Hall–Kier alpha value is -3.35. The Morgan fingerprint density at radius 2 is 1.72 bits per heavy atom. The van der Waals surface area contributed by atoms with Crippen molar-refractivity contribution in [1.82, 2.24) is 14.7 Å². The van der Waals surface area contributed by atoms with Crippen molar-refractivity contribution in [3.63, 3.8) is 0 Å². The second kappa shape index (κ2) is 7.95. The monoisotopic (exact) mass is 394 g/mol. The molecule has 2 aromatic carbocycles. The third kappa shape index (κ3) is 3.94. The molecule has 1 amide bonds. The Bertz CT molecular complexity index is 1010. The van der Waals surface area contributed by atoms with Crippen molar-refractivity contribution >= 4 is 11.6 Å². The number of anilines is 1. The van der Waals surface area contributed by atoms with Crippen LogP contribution in [-0.4, -0.2) is 53.9 Å². The molecule has 0 radical (unpaired) electrons. The zero-order valence-electron chi connectivity index (χ0n) is 16.5. The highest BCUT2D eigenvalue weighted by Crippen LogP contribution is 2.20. The molecule has 1 aromatic heterocycles. The van der Waals surface area contributed by atoms with Gasteiger partial charge in [-0.25, -0.2) is 9.07 Å². The molecular formula is C22H23FN4O2. The van der Waals surface area contributed by atoms with Crippen LogP contribution in [0.5, 0.6) is 5.75 Å². The Labute approximate surface area is 169 Å². The van der Waals surface area contributed by atoms with Gasteiger partial charge in [-0.3, -0.25) is 4.79 Å². The van der Waals surface area contributed by atoms with Crippen molar-refractivity contribution in [2.45, 2.75) is 6.92 Å². The van der Waals surface area contributed by atoms with Crippen molar-refractivity contribution in [3.8, 4) is 11.4 Å². The van der Waals surface area contributed by atoms with Gasteiger partial charge in [-0.05, 0) is 49.4 Å². The lowest BCUT2D eigenvalue weighted by molar-refractivity contribution is 0.0740. The molecule has 1 fully saturated rings. The van der Waals surface area contributed by atoms with Gasteiger partial charge in [-0.1, -0.05) is 6.07 Å². The third-order valence-electron chi connectivity index (χ3n) is 5.16. The van der Waals surface area contributed by atoms with Crippen LogP contribution in [-0.2, 0) is 0 Å². The molecule has 2 heterocycles. The summed E-state index contributed by atoms with van der Waals surface area (Å²) in [4.78, 5) is 16.9. The number of benzene rings is 2. The standard InChI is InChI=1S/C22H23FN4O2/c1-16-14-21(24-27(16)19-4-3-5-20(15-19)29-2)22(28)26-12-10-25(11-13-26)18-8-6-17(23)7-9-18/h3-9,14-15H,10-13H2,1-2H3. The van der Waals surface area contributed by atoms with E-state index in [1.54, 1.807) is 23.9 Å². The maximum atomic E-state index is 13.1. The summed E-state index contributed by atoms with van der Waals surface area (Å²) < 4.78 is 20.2. The number of carbonyl (C=O) groups excluding carboxylic acids is 1. The number of carbonyl (C=O) groups is 1. The third-order valence-corrected chi connectivity index (χ3v) is 5.16. The molecule has 3 aromatic rings. The Morgan fingerprint density at radius 3 is 2.41 bits per heavy atom. The summed E-state index contributed by atoms with van der Waals surface area (Å²) in [5.41, 5.74) is 3.13. The van der Waals surface area contributed by atoms with E-state index >= 15 is 0 Å². The molecule has 1 aliphatic rings. The van der Waals surface area contributed by atoms with Crippen molar-refractivity contribution in [2.24, 2.45) is 0 Å². The highest BCUT2D eigenvalue weighted by molar-refractivity contribution is 5.92. The van der Waals surface area contributed by atoms with Crippen molar-refractivity contribution < 1.29 is 13.9 Å². The molecule has 0 bridgehead atoms. The van der Waals surface area contributed by atoms with Crippen LogP contribution in [0.4, 0.5) is 10.1 Å². The largest absolute Gasteiger partial charge is 0.497 e. The van der Waals surface area contributed by atoms with Crippen LogP contribution in [0.25, 0.3) is 5.69 Å². The lowest BCUT2D eigenvalue weighted by Gasteiger charge is -2.35. The molecular weight excluding hydrogens is 371 g/mol. The SMILES string of the molecule is COc1cccc(-n2nc(C(=O)N3CCN(c4ccc(F)cc4)CC3)cc2C)c1. The van der Waals surface area contributed by atoms with Gasteiger partial charge in [0, 0.05) is 43.6 Å². The molecule has 0 saturated carbocycles. The fourth-order valence-corrected chi connectivity index (χ4v) is 3.56.